The van der Waals surface area contributed by atoms with Crippen molar-refractivity contribution in [3.05, 3.63) is 28.3 Å². The Morgan fingerprint density at radius 3 is 2.58 bits per heavy atom. The number of nitrogens with zero attached hydrogens (tertiary/aromatic N) is 1. The molecule has 26 heavy (non-hydrogen) atoms. The lowest BCUT2D eigenvalue weighted by molar-refractivity contribution is -0.140. The maximum absolute atomic E-state index is 12.2. The molecule has 3 N–H and O–H groups in total. The first-order chi connectivity index (χ1) is 12.3. The molecule has 0 fully saturated rings. The van der Waals surface area contributed by atoms with Crippen molar-refractivity contribution in [1.82, 2.24) is 15.3 Å². The molecule has 1 aromatic heterocycles. The number of hydrogen-bond acceptors (Lipinski definition) is 7. The van der Waals surface area contributed by atoms with E-state index in [0.717, 1.165) is 0 Å². The fraction of sp³-hybridized carbons (Fsp3) is 0.375. The molecule has 10 heteroatoms. The van der Waals surface area contributed by atoms with Gasteiger partial charge in [0.1, 0.15) is 11.9 Å². The average Bonchev–Trinajstić information content (AvgIpc) is 2.60. The second-order valence-corrected chi connectivity index (χ2v) is 6.34. The zero-order valence-corrected chi connectivity index (χ0v) is 15.3. The molecule has 2 aromatic rings. The van der Waals surface area contributed by atoms with Crippen LogP contribution in [0.5, 0.6) is 11.5 Å². The van der Waals surface area contributed by atoms with Crippen LogP contribution in [0.1, 0.15) is 12.7 Å². The second kappa shape index (κ2) is 8.56. The summed E-state index contributed by atoms with van der Waals surface area (Å²) >= 11 is 1.21. The highest BCUT2D eigenvalue weighted by atomic mass is 32.2. The number of methoxy groups -OCH3 is 2. The van der Waals surface area contributed by atoms with Crippen LogP contribution in [0.25, 0.3) is 10.9 Å². The molecule has 0 saturated carbocycles. The highest BCUT2D eigenvalue weighted by molar-refractivity contribution is 7.99. The number of rotatable bonds is 8. The summed E-state index contributed by atoms with van der Waals surface area (Å²) in [5, 5.41) is 11.5. The highest BCUT2D eigenvalue weighted by Gasteiger charge is 2.14. The van der Waals surface area contributed by atoms with Gasteiger partial charge >= 0.3 is 5.97 Å². The fourth-order valence-corrected chi connectivity index (χ4v) is 2.87. The van der Waals surface area contributed by atoms with Gasteiger partial charge < -0.3 is 24.9 Å². The third-order valence-electron chi connectivity index (χ3n) is 3.48. The number of carboxylic acids is 1. The van der Waals surface area contributed by atoms with Gasteiger partial charge in [-0.15, -0.1) is 11.8 Å². The lowest BCUT2D eigenvalue weighted by Crippen LogP contribution is -2.39. The van der Waals surface area contributed by atoms with Crippen molar-refractivity contribution >= 4 is 34.5 Å². The Hall–Kier alpha value is -2.75. The normalized spacial score (nSPS) is 11.8. The number of fused-ring (bicyclic) bond motifs is 1. The average molecular weight is 381 g/mol. The first-order valence-electron chi connectivity index (χ1n) is 7.60. The SMILES string of the molecule is COc1cc2nc(CSCC(=O)NC(C)C(=O)O)[nH]c(=O)c2cc1OC. The lowest BCUT2D eigenvalue weighted by atomic mass is 10.2. The summed E-state index contributed by atoms with van der Waals surface area (Å²) in [6, 6.07) is 2.21. The number of aromatic nitrogens is 2. The number of ether oxygens (including phenoxy) is 2. The molecule has 1 heterocycles. The molecule has 9 nitrogen and oxygen atoms in total. The van der Waals surface area contributed by atoms with E-state index in [0.29, 0.717) is 28.2 Å². The van der Waals surface area contributed by atoms with E-state index in [1.54, 1.807) is 12.1 Å². The van der Waals surface area contributed by atoms with Crippen LogP contribution in [0.3, 0.4) is 0 Å². The molecule has 0 spiro atoms. The Morgan fingerprint density at radius 1 is 1.31 bits per heavy atom. The van der Waals surface area contributed by atoms with Crippen molar-refractivity contribution in [1.29, 1.82) is 0 Å². The Morgan fingerprint density at radius 2 is 1.96 bits per heavy atom. The third-order valence-corrected chi connectivity index (χ3v) is 4.42. The molecule has 1 atom stereocenters. The number of amides is 1. The molecule has 1 amide bonds. The summed E-state index contributed by atoms with van der Waals surface area (Å²) in [6.45, 7) is 1.38. The third kappa shape index (κ3) is 4.66. The van der Waals surface area contributed by atoms with Crippen molar-refractivity contribution in [2.24, 2.45) is 0 Å². The molecule has 0 aliphatic rings. The Kier molecular flexibility index (Phi) is 6.45. The van der Waals surface area contributed by atoms with E-state index in [4.69, 9.17) is 14.6 Å². The molecule has 0 radical (unpaired) electrons. The van der Waals surface area contributed by atoms with Crippen molar-refractivity contribution < 1.29 is 24.2 Å². The first-order valence-corrected chi connectivity index (χ1v) is 8.76. The van der Waals surface area contributed by atoms with Gasteiger partial charge in [-0.1, -0.05) is 0 Å². The van der Waals surface area contributed by atoms with Crippen molar-refractivity contribution in [2.45, 2.75) is 18.7 Å². The maximum atomic E-state index is 12.2. The maximum Gasteiger partial charge on any atom is 0.325 e. The predicted octanol–water partition coefficient (Wildman–Crippen LogP) is 0.763. The monoisotopic (exact) mass is 381 g/mol. The molecule has 140 valence electrons. The number of carboxylic acid groups (broad SMARTS) is 1. The number of benzene rings is 1. The van der Waals surface area contributed by atoms with Gasteiger partial charge in [-0.05, 0) is 13.0 Å². The van der Waals surface area contributed by atoms with E-state index >= 15 is 0 Å². The smallest absolute Gasteiger partial charge is 0.325 e. The Labute approximate surface area is 153 Å². The van der Waals surface area contributed by atoms with Gasteiger partial charge in [0.25, 0.3) is 5.56 Å². The van der Waals surface area contributed by atoms with Crippen LogP contribution in [0, 0.1) is 0 Å². The largest absolute Gasteiger partial charge is 0.493 e. The summed E-state index contributed by atoms with van der Waals surface area (Å²) in [6.07, 6.45) is 0. The van der Waals surface area contributed by atoms with E-state index in [1.165, 1.54) is 32.9 Å². The zero-order valence-electron chi connectivity index (χ0n) is 14.5. The van der Waals surface area contributed by atoms with Gasteiger partial charge in [-0.2, -0.15) is 0 Å². The van der Waals surface area contributed by atoms with Gasteiger partial charge in [0.15, 0.2) is 11.5 Å². The minimum atomic E-state index is -1.10. The number of nitrogens with one attached hydrogen (secondary N) is 2. The molecule has 0 saturated heterocycles. The van der Waals surface area contributed by atoms with E-state index in [1.807, 2.05) is 0 Å². The predicted molar refractivity (Wildman–Crippen MR) is 96.9 cm³/mol. The number of carbonyl (C=O) groups excluding carboxylic acids is 1. The first kappa shape index (κ1) is 19.6. The van der Waals surface area contributed by atoms with Gasteiger partial charge in [0, 0.05) is 6.07 Å². The molecule has 0 aliphatic heterocycles. The summed E-state index contributed by atoms with van der Waals surface area (Å²) in [7, 11) is 2.97. The number of aromatic amines is 1. The minimum Gasteiger partial charge on any atom is -0.493 e. The van der Waals surface area contributed by atoms with Crippen LogP contribution in [-0.2, 0) is 15.3 Å². The number of thioether (sulfide) groups is 1. The van der Waals surface area contributed by atoms with Crippen molar-refractivity contribution in [2.75, 3.05) is 20.0 Å². The fourth-order valence-electron chi connectivity index (χ4n) is 2.17. The van der Waals surface area contributed by atoms with Crippen molar-refractivity contribution in [3.63, 3.8) is 0 Å². The quantitative estimate of drug-likeness (QED) is 0.611. The van der Waals surface area contributed by atoms with Crippen LogP contribution in [0.2, 0.25) is 0 Å². The van der Waals surface area contributed by atoms with Gasteiger partial charge in [-0.25, -0.2) is 4.98 Å². The van der Waals surface area contributed by atoms with E-state index in [-0.39, 0.29) is 17.1 Å². The number of H-pyrrole nitrogens is 1. The Bertz CT molecular complexity index is 882. The van der Waals surface area contributed by atoms with E-state index in [2.05, 4.69) is 15.3 Å². The standard InChI is InChI=1S/C16H19N3O6S/c1-8(16(22)23)17-14(20)7-26-6-13-18-10-5-12(25-3)11(24-2)4-9(10)15(21)19-13/h4-5,8H,6-7H2,1-3H3,(H,17,20)(H,22,23)(H,18,19,21). The van der Waals surface area contributed by atoms with Crippen LogP contribution < -0.4 is 20.3 Å². The minimum absolute atomic E-state index is 0.0469. The van der Waals surface area contributed by atoms with Crippen LogP contribution in [0.4, 0.5) is 0 Å². The summed E-state index contributed by atoms with van der Waals surface area (Å²) in [5.41, 5.74) is 0.126. The summed E-state index contributed by atoms with van der Waals surface area (Å²) < 4.78 is 10.4. The van der Waals surface area contributed by atoms with Crippen LogP contribution in [0.15, 0.2) is 16.9 Å². The molecule has 0 bridgehead atoms. The summed E-state index contributed by atoms with van der Waals surface area (Å²) in [4.78, 5) is 41.6. The van der Waals surface area contributed by atoms with E-state index in [9.17, 15) is 14.4 Å². The van der Waals surface area contributed by atoms with Gasteiger partial charge in [0.2, 0.25) is 5.91 Å². The second-order valence-electron chi connectivity index (χ2n) is 5.36. The van der Waals surface area contributed by atoms with Crippen molar-refractivity contribution in [3.8, 4) is 11.5 Å². The molecule has 1 aromatic carbocycles. The molecule has 1 unspecified atom stereocenters. The van der Waals surface area contributed by atoms with E-state index < -0.39 is 17.9 Å². The van der Waals surface area contributed by atoms with Crippen LogP contribution >= 0.6 is 11.8 Å². The molecular formula is C16H19N3O6S. The number of hydrogen-bond donors (Lipinski definition) is 3. The molecular weight excluding hydrogens is 362 g/mol. The summed E-state index contributed by atoms with van der Waals surface area (Å²) in [5.74, 6) is 0.114. The highest BCUT2D eigenvalue weighted by Crippen LogP contribution is 2.30. The van der Waals surface area contributed by atoms with Gasteiger partial charge in [-0.3, -0.25) is 14.4 Å². The zero-order chi connectivity index (χ0) is 19.3. The number of aliphatic carboxylic acids is 1. The van der Waals surface area contributed by atoms with Gasteiger partial charge in [0.05, 0.1) is 36.6 Å². The molecule has 0 aliphatic carbocycles. The molecule has 2 rings (SSSR count). The lowest BCUT2D eigenvalue weighted by Gasteiger charge is -2.10. The van der Waals surface area contributed by atoms with Crippen LogP contribution in [-0.4, -0.2) is 53.0 Å². The Balaban J connectivity index is 2.10. The topological polar surface area (TPSA) is 131 Å². The number of carbonyl (C=O) groups is 2.